The van der Waals surface area contributed by atoms with E-state index in [-0.39, 0.29) is 16.3 Å². The van der Waals surface area contributed by atoms with Crippen molar-refractivity contribution in [2.75, 3.05) is 0 Å². The zero-order chi connectivity index (χ0) is 10.6. The van der Waals surface area contributed by atoms with Crippen LogP contribution < -0.4 is 0 Å². The fourth-order valence-electron chi connectivity index (χ4n) is 0.890. The average molecular weight is 210 g/mol. The van der Waals surface area contributed by atoms with Gasteiger partial charge in [0.2, 0.25) is 0 Å². The Kier molecular flexibility index (Phi) is 3.21. The summed E-state index contributed by atoms with van der Waals surface area (Å²) in [7, 11) is 0. The first-order valence-electron chi connectivity index (χ1n) is 3.55. The SMILES string of the molecule is O=CC#Cc1c(Cl)cccc1[N+](=O)[O-]. The summed E-state index contributed by atoms with van der Waals surface area (Å²) in [6.07, 6.45) is 0.354. The molecule has 0 unspecified atom stereocenters. The quantitative estimate of drug-likeness (QED) is 0.307. The second-order valence-electron chi connectivity index (χ2n) is 2.28. The van der Waals surface area contributed by atoms with E-state index in [0.717, 1.165) is 0 Å². The molecule has 1 rings (SSSR count). The van der Waals surface area contributed by atoms with Crippen LogP contribution in [0.25, 0.3) is 0 Å². The van der Waals surface area contributed by atoms with Crippen molar-refractivity contribution >= 4 is 23.6 Å². The minimum atomic E-state index is -0.597. The third-order valence-electron chi connectivity index (χ3n) is 1.44. The van der Waals surface area contributed by atoms with Crippen LogP contribution in [0.1, 0.15) is 5.56 Å². The topological polar surface area (TPSA) is 60.2 Å². The summed E-state index contributed by atoms with van der Waals surface area (Å²) >= 11 is 5.69. The first-order chi connectivity index (χ1) is 6.66. The Labute approximate surface area is 84.6 Å². The molecule has 0 aliphatic carbocycles. The van der Waals surface area contributed by atoms with Crippen molar-refractivity contribution < 1.29 is 9.72 Å². The molecule has 70 valence electrons. The fourth-order valence-corrected chi connectivity index (χ4v) is 1.11. The Morgan fingerprint density at radius 3 is 2.79 bits per heavy atom. The third kappa shape index (κ3) is 2.09. The Bertz CT molecular complexity index is 445. The first-order valence-corrected chi connectivity index (χ1v) is 3.92. The van der Waals surface area contributed by atoms with Crippen LogP contribution in [0.3, 0.4) is 0 Å². The molecule has 0 atom stereocenters. The van der Waals surface area contributed by atoms with Crippen molar-refractivity contribution in [3.8, 4) is 11.8 Å². The number of nitro groups is 1. The van der Waals surface area contributed by atoms with Gasteiger partial charge in [-0.15, -0.1) is 0 Å². The van der Waals surface area contributed by atoms with E-state index in [1.54, 1.807) is 0 Å². The predicted octanol–water partition coefficient (Wildman–Crippen LogP) is 1.80. The smallest absolute Gasteiger partial charge is 0.286 e. The molecule has 0 heterocycles. The molecule has 0 saturated carbocycles. The van der Waals surface area contributed by atoms with Gasteiger partial charge < -0.3 is 0 Å². The molecule has 4 nitrogen and oxygen atoms in total. The van der Waals surface area contributed by atoms with Gasteiger partial charge in [0.05, 0.1) is 9.95 Å². The van der Waals surface area contributed by atoms with Crippen LogP contribution in [0.4, 0.5) is 5.69 Å². The minimum Gasteiger partial charge on any atom is -0.289 e. The third-order valence-corrected chi connectivity index (χ3v) is 1.76. The zero-order valence-electron chi connectivity index (χ0n) is 6.86. The Hall–Kier alpha value is -1.86. The summed E-state index contributed by atoms with van der Waals surface area (Å²) in [5.41, 5.74) is -0.141. The molecule has 0 N–H and O–H groups in total. The van der Waals surface area contributed by atoms with Crippen molar-refractivity contribution in [3.05, 3.63) is 38.9 Å². The van der Waals surface area contributed by atoms with Crippen molar-refractivity contribution in [3.63, 3.8) is 0 Å². The highest BCUT2D eigenvalue weighted by atomic mass is 35.5. The molecule has 0 fully saturated rings. The lowest BCUT2D eigenvalue weighted by Gasteiger charge is -1.96. The highest BCUT2D eigenvalue weighted by molar-refractivity contribution is 6.32. The van der Waals surface area contributed by atoms with E-state index >= 15 is 0 Å². The second-order valence-corrected chi connectivity index (χ2v) is 2.69. The fraction of sp³-hybridized carbons (Fsp3) is 0. The van der Waals surface area contributed by atoms with E-state index in [9.17, 15) is 14.9 Å². The van der Waals surface area contributed by atoms with Gasteiger partial charge in [0.1, 0.15) is 5.56 Å². The normalized spacial score (nSPS) is 8.64. The van der Waals surface area contributed by atoms with E-state index in [0.29, 0.717) is 6.29 Å². The van der Waals surface area contributed by atoms with Crippen LogP contribution in [0.5, 0.6) is 0 Å². The lowest BCUT2D eigenvalue weighted by Crippen LogP contribution is -1.92. The van der Waals surface area contributed by atoms with Crippen molar-refractivity contribution in [1.29, 1.82) is 0 Å². The van der Waals surface area contributed by atoms with E-state index in [1.807, 2.05) is 0 Å². The van der Waals surface area contributed by atoms with Gasteiger partial charge in [0.25, 0.3) is 5.69 Å². The number of hydrogen-bond acceptors (Lipinski definition) is 3. The number of carbonyl (C=O) groups is 1. The molecule has 0 radical (unpaired) electrons. The number of rotatable bonds is 1. The standard InChI is InChI=1S/C9H4ClNO3/c10-8-4-1-5-9(11(13)14)7(8)3-2-6-12/h1,4-6H. The lowest BCUT2D eigenvalue weighted by molar-refractivity contribution is -0.385. The van der Waals surface area contributed by atoms with Gasteiger partial charge in [0, 0.05) is 6.07 Å². The summed E-state index contributed by atoms with van der Waals surface area (Å²) in [5, 5.41) is 10.7. The number of benzene rings is 1. The van der Waals surface area contributed by atoms with Crippen LogP contribution in [0.2, 0.25) is 5.02 Å². The molecule has 5 heteroatoms. The highest BCUT2D eigenvalue weighted by Gasteiger charge is 2.13. The molecule has 0 bridgehead atoms. The molecule has 14 heavy (non-hydrogen) atoms. The maximum absolute atomic E-state index is 10.5. The molecule has 0 amide bonds. The summed E-state index contributed by atoms with van der Waals surface area (Å²) in [5.74, 6) is 4.40. The number of halogens is 1. The largest absolute Gasteiger partial charge is 0.289 e. The number of carbonyl (C=O) groups excluding carboxylic acids is 1. The molecule has 1 aromatic rings. The number of nitrogens with zero attached hydrogens (tertiary/aromatic N) is 1. The minimum absolute atomic E-state index is 0.0614. The summed E-state index contributed by atoms with van der Waals surface area (Å²) in [4.78, 5) is 19.9. The van der Waals surface area contributed by atoms with Crippen LogP contribution >= 0.6 is 11.6 Å². The summed E-state index contributed by atoms with van der Waals surface area (Å²) in [6.45, 7) is 0. The molecule has 1 aromatic carbocycles. The van der Waals surface area contributed by atoms with Gasteiger partial charge in [-0.05, 0) is 12.0 Å². The van der Waals surface area contributed by atoms with Gasteiger partial charge in [-0.3, -0.25) is 14.9 Å². The van der Waals surface area contributed by atoms with Gasteiger partial charge in [-0.2, -0.15) is 0 Å². The van der Waals surface area contributed by atoms with Crippen molar-refractivity contribution in [1.82, 2.24) is 0 Å². The van der Waals surface area contributed by atoms with Crippen LogP contribution in [-0.4, -0.2) is 11.2 Å². The number of nitro benzene ring substituents is 1. The maximum atomic E-state index is 10.5. The van der Waals surface area contributed by atoms with Gasteiger partial charge in [-0.1, -0.05) is 23.6 Å². The van der Waals surface area contributed by atoms with Crippen LogP contribution in [-0.2, 0) is 4.79 Å². The number of hydrogen-bond donors (Lipinski definition) is 0. The zero-order valence-corrected chi connectivity index (χ0v) is 7.62. The molecule has 0 spiro atoms. The van der Waals surface area contributed by atoms with Crippen molar-refractivity contribution in [2.45, 2.75) is 0 Å². The Morgan fingerprint density at radius 2 is 2.21 bits per heavy atom. The van der Waals surface area contributed by atoms with E-state index < -0.39 is 4.92 Å². The van der Waals surface area contributed by atoms with Crippen LogP contribution in [0, 0.1) is 22.0 Å². The van der Waals surface area contributed by atoms with E-state index in [1.165, 1.54) is 18.2 Å². The maximum Gasteiger partial charge on any atom is 0.286 e. The highest BCUT2D eigenvalue weighted by Crippen LogP contribution is 2.24. The Balaban J connectivity index is 3.36. The second kappa shape index (κ2) is 4.40. The molecule has 0 aliphatic rings. The first kappa shape index (κ1) is 10.2. The lowest BCUT2D eigenvalue weighted by atomic mass is 10.2. The molecule has 0 aromatic heterocycles. The van der Waals surface area contributed by atoms with E-state index in [4.69, 9.17) is 11.6 Å². The molecular formula is C9H4ClNO3. The average Bonchev–Trinajstić information content (AvgIpc) is 2.15. The van der Waals surface area contributed by atoms with Gasteiger partial charge >= 0.3 is 0 Å². The van der Waals surface area contributed by atoms with Crippen molar-refractivity contribution in [2.24, 2.45) is 0 Å². The molecule has 0 aliphatic heterocycles. The predicted molar refractivity (Wildman–Crippen MR) is 51.0 cm³/mol. The van der Waals surface area contributed by atoms with E-state index in [2.05, 4.69) is 11.8 Å². The number of aldehydes is 1. The van der Waals surface area contributed by atoms with Crippen LogP contribution in [0.15, 0.2) is 18.2 Å². The van der Waals surface area contributed by atoms with Gasteiger partial charge in [0.15, 0.2) is 6.29 Å². The summed E-state index contributed by atoms with van der Waals surface area (Å²) < 4.78 is 0. The Morgan fingerprint density at radius 1 is 1.50 bits per heavy atom. The monoisotopic (exact) mass is 209 g/mol. The summed E-state index contributed by atoms with van der Waals surface area (Å²) in [6, 6.07) is 4.20. The molecular weight excluding hydrogens is 206 g/mol. The molecule has 0 saturated heterocycles. The van der Waals surface area contributed by atoms with Gasteiger partial charge in [-0.25, -0.2) is 0 Å².